The van der Waals surface area contributed by atoms with Crippen LogP contribution in [0.3, 0.4) is 0 Å². The van der Waals surface area contributed by atoms with Gasteiger partial charge in [0.25, 0.3) is 5.91 Å². The SMILES string of the molecule is Cc1c(I)cccc1C(=O)NCCC(C)N. The quantitative estimate of drug-likeness (QED) is 0.830. The summed E-state index contributed by atoms with van der Waals surface area (Å²) in [4.78, 5) is 11.8. The maximum atomic E-state index is 11.8. The summed E-state index contributed by atoms with van der Waals surface area (Å²) in [6.07, 6.45) is 0.800. The molecule has 1 atom stereocenters. The Kier molecular flexibility index (Phi) is 5.21. The first kappa shape index (κ1) is 13.4. The van der Waals surface area contributed by atoms with Crippen LogP contribution in [0.25, 0.3) is 0 Å². The number of carbonyl (C=O) groups excluding carboxylic acids is 1. The molecular weight excluding hydrogens is 315 g/mol. The zero-order valence-corrected chi connectivity index (χ0v) is 11.7. The Bertz CT molecular complexity index is 377. The molecule has 1 amide bonds. The van der Waals surface area contributed by atoms with Crippen molar-refractivity contribution >= 4 is 28.5 Å². The van der Waals surface area contributed by atoms with E-state index in [0.717, 1.165) is 21.1 Å². The minimum absolute atomic E-state index is 0.0170. The minimum atomic E-state index is -0.0170. The van der Waals surface area contributed by atoms with Crippen LogP contribution in [-0.2, 0) is 0 Å². The van der Waals surface area contributed by atoms with Crippen molar-refractivity contribution in [2.75, 3.05) is 6.54 Å². The number of nitrogens with two attached hydrogens (primary N) is 1. The van der Waals surface area contributed by atoms with E-state index in [1.807, 2.05) is 32.0 Å². The lowest BCUT2D eigenvalue weighted by Crippen LogP contribution is -2.29. The van der Waals surface area contributed by atoms with E-state index in [-0.39, 0.29) is 11.9 Å². The molecule has 1 aromatic carbocycles. The van der Waals surface area contributed by atoms with Crippen LogP contribution in [0.15, 0.2) is 18.2 Å². The van der Waals surface area contributed by atoms with Gasteiger partial charge in [-0.3, -0.25) is 4.79 Å². The monoisotopic (exact) mass is 332 g/mol. The third-order valence-corrected chi connectivity index (χ3v) is 3.57. The fourth-order valence-corrected chi connectivity index (χ4v) is 1.86. The molecule has 0 heterocycles. The average Bonchev–Trinajstić information content (AvgIpc) is 2.21. The zero-order valence-electron chi connectivity index (χ0n) is 9.59. The summed E-state index contributed by atoms with van der Waals surface area (Å²) in [5.74, 6) is -0.0170. The third kappa shape index (κ3) is 3.75. The van der Waals surface area contributed by atoms with Crippen molar-refractivity contribution in [1.82, 2.24) is 5.32 Å². The molecule has 0 aliphatic heterocycles. The standard InChI is InChI=1S/C12H17IN2O/c1-8(14)6-7-15-12(16)10-4-3-5-11(13)9(10)2/h3-5,8H,6-7,14H2,1-2H3,(H,15,16). The molecule has 0 radical (unpaired) electrons. The van der Waals surface area contributed by atoms with E-state index in [1.165, 1.54) is 0 Å². The zero-order chi connectivity index (χ0) is 12.1. The van der Waals surface area contributed by atoms with Crippen LogP contribution in [0, 0.1) is 10.5 Å². The van der Waals surface area contributed by atoms with E-state index in [1.54, 1.807) is 0 Å². The van der Waals surface area contributed by atoms with Crippen molar-refractivity contribution in [2.24, 2.45) is 5.73 Å². The molecule has 0 saturated carbocycles. The first-order chi connectivity index (χ1) is 7.52. The summed E-state index contributed by atoms with van der Waals surface area (Å²) < 4.78 is 1.11. The van der Waals surface area contributed by atoms with Gasteiger partial charge in [0.1, 0.15) is 0 Å². The van der Waals surface area contributed by atoms with Crippen molar-refractivity contribution in [2.45, 2.75) is 26.3 Å². The van der Waals surface area contributed by atoms with E-state index in [9.17, 15) is 4.79 Å². The van der Waals surface area contributed by atoms with Gasteiger partial charge in [-0.15, -0.1) is 0 Å². The molecule has 0 aliphatic rings. The molecular formula is C12H17IN2O. The molecule has 3 nitrogen and oxygen atoms in total. The molecule has 0 aromatic heterocycles. The number of halogens is 1. The number of nitrogens with one attached hydrogen (secondary N) is 1. The fraction of sp³-hybridized carbons (Fsp3) is 0.417. The molecule has 3 N–H and O–H groups in total. The van der Waals surface area contributed by atoms with Crippen LogP contribution in [0.2, 0.25) is 0 Å². The van der Waals surface area contributed by atoms with Crippen molar-refractivity contribution in [3.8, 4) is 0 Å². The number of hydrogen-bond acceptors (Lipinski definition) is 2. The van der Waals surface area contributed by atoms with E-state index in [4.69, 9.17) is 5.73 Å². The molecule has 1 unspecified atom stereocenters. The lowest BCUT2D eigenvalue weighted by Gasteiger charge is -2.09. The molecule has 16 heavy (non-hydrogen) atoms. The summed E-state index contributed by atoms with van der Waals surface area (Å²) in [6.45, 7) is 4.52. The first-order valence-corrected chi connectivity index (χ1v) is 6.39. The predicted octanol–water partition coefficient (Wildman–Crippen LogP) is 2.07. The Balaban J connectivity index is 2.63. The number of benzene rings is 1. The molecule has 0 aliphatic carbocycles. The van der Waals surface area contributed by atoms with Gasteiger partial charge in [-0.2, -0.15) is 0 Å². The van der Waals surface area contributed by atoms with Crippen molar-refractivity contribution in [3.05, 3.63) is 32.9 Å². The lowest BCUT2D eigenvalue weighted by molar-refractivity contribution is 0.0952. The maximum Gasteiger partial charge on any atom is 0.251 e. The molecule has 0 spiro atoms. The second-order valence-electron chi connectivity index (χ2n) is 3.93. The van der Waals surface area contributed by atoms with Crippen LogP contribution < -0.4 is 11.1 Å². The maximum absolute atomic E-state index is 11.8. The van der Waals surface area contributed by atoms with E-state index >= 15 is 0 Å². The number of amides is 1. The van der Waals surface area contributed by atoms with Gasteiger partial charge in [-0.1, -0.05) is 6.07 Å². The molecule has 1 aromatic rings. The molecule has 0 fully saturated rings. The van der Waals surface area contributed by atoms with Gasteiger partial charge in [0.15, 0.2) is 0 Å². The topological polar surface area (TPSA) is 55.1 Å². The van der Waals surface area contributed by atoms with Crippen LogP contribution in [-0.4, -0.2) is 18.5 Å². The van der Waals surface area contributed by atoms with E-state index < -0.39 is 0 Å². The van der Waals surface area contributed by atoms with Gasteiger partial charge < -0.3 is 11.1 Å². The highest BCUT2D eigenvalue weighted by atomic mass is 127. The van der Waals surface area contributed by atoms with Crippen molar-refractivity contribution in [1.29, 1.82) is 0 Å². The van der Waals surface area contributed by atoms with Gasteiger partial charge in [0.2, 0.25) is 0 Å². The first-order valence-electron chi connectivity index (χ1n) is 5.31. The Morgan fingerprint density at radius 1 is 1.56 bits per heavy atom. The minimum Gasteiger partial charge on any atom is -0.352 e. The second-order valence-corrected chi connectivity index (χ2v) is 5.10. The summed E-state index contributed by atoms with van der Waals surface area (Å²) in [5, 5.41) is 2.88. The highest BCUT2D eigenvalue weighted by Crippen LogP contribution is 2.15. The Hall–Kier alpha value is -0.620. The van der Waals surface area contributed by atoms with Crippen LogP contribution in [0.5, 0.6) is 0 Å². The molecule has 4 heteroatoms. The second kappa shape index (κ2) is 6.20. The van der Waals surface area contributed by atoms with E-state index in [0.29, 0.717) is 6.54 Å². The molecule has 0 bridgehead atoms. The van der Waals surface area contributed by atoms with Gasteiger partial charge in [-0.05, 0) is 60.6 Å². The van der Waals surface area contributed by atoms with E-state index in [2.05, 4.69) is 27.9 Å². The summed E-state index contributed by atoms with van der Waals surface area (Å²) in [7, 11) is 0. The van der Waals surface area contributed by atoms with Gasteiger partial charge in [-0.25, -0.2) is 0 Å². The highest BCUT2D eigenvalue weighted by Gasteiger charge is 2.09. The molecule has 1 rings (SSSR count). The van der Waals surface area contributed by atoms with Crippen LogP contribution in [0.4, 0.5) is 0 Å². The molecule has 0 saturated heterocycles. The number of hydrogen-bond donors (Lipinski definition) is 2. The van der Waals surface area contributed by atoms with Gasteiger partial charge in [0, 0.05) is 21.7 Å². The van der Waals surface area contributed by atoms with Crippen LogP contribution >= 0.6 is 22.6 Å². The van der Waals surface area contributed by atoms with Crippen LogP contribution in [0.1, 0.15) is 29.3 Å². The largest absolute Gasteiger partial charge is 0.352 e. The van der Waals surface area contributed by atoms with Crippen molar-refractivity contribution in [3.63, 3.8) is 0 Å². The number of carbonyl (C=O) groups is 1. The lowest BCUT2D eigenvalue weighted by atomic mass is 10.1. The number of rotatable bonds is 4. The normalized spacial score (nSPS) is 12.2. The smallest absolute Gasteiger partial charge is 0.251 e. The average molecular weight is 332 g/mol. The summed E-state index contributed by atoms with van der Waals surface area (Å²) in [6, 6.07) is 5.86. The Morgan fingerprint density at radius 3 is 2.88 bits per heavy atom. The Labute approximate surface area is 110 Å². The summed E-state index contributed by atoms with van der Waals surface area (Å²) in [5.41, 5.74) is 7.39. The molecule has 88 valence electrons. The highest BCUT2D eigenvalue weighted by molar-refractivity contribution is 14.1. The predicted molar refractivity (Wildman–Crippen MR) is 74.5 cm³/mol. The third-order valence-electron chi connectivity index (χ3n) is 2.40. The summed E-state index contributed by atoms with van der Waals surface area (Å²) >= 11 is 2.23. The van der Waals surface area contributed by atoms with Crippen molar-refractivity contribution < 1.29 is 4.79 Å². The Morgan fingerprint density at radius 2 is 2.25 bits per heavy atom. The van der Waals surface area contributed by atoms with Gasteiger partial charge in [0.05, 0.1) is 0 Å². The van der Waals surface area contributed by atoms with Gasteiger partial charge >= 0.3 is 0 Å². The fourth-order valence-electron chi connectivity index (χ4n) is 1.36.